The molecule has 6 nitrogen and oxygen atoms in total. The van der Waals surface area contributed by atoms with Gasteiger partial charge in [-0.25, -0.2) is 9.59 Å². The third-order valence-corrected chi connectivity index (χ3v) is 3.34. The van der Waals surface area contributed by atoms with E-state index >= 15 is 0 Å². The van der Waals surface area contributed by atoms with Gasteiger partial charge in [0.15, 0.2) is 11.5 Å². The van der Waals surface area contributed by atoms with E-state index in [1.54, 1.807) is 55.7 Å². The molecule has 2 aromatic rings. The summed E-state index contributed by atoms with van der Waals surface area (Å²) in [5.74, 6) is -0.0360. The molecule has 1 N–H and O–H groups in total. The number of benzene rings is 2. The first-order chi connectivity index (χ1) is 12.5. The molecule has 0 unspecified atom stereocenters. The van der Waals surface area contributed by atoms with E-state index in [9.17, 15) is 9.59 Å². The molecular weight excluding hydrogens is 336 g/mol. The summed E-state index contributed by atoms with van der Waals surface area (Å²) in [6, 6.07) is 11.8. The molecule has 0 atom stereocenters. The van der Waals surface area contributed by atoms with Gasteiger partial charge in [-0.1, -0.05) is 18.2 Å². The third kappa shape index (κ3) is 5.52. The second-order valence-electron chi connectivity index (χ2n) is 5.11. The van der Waals surface area contributed by atoms with Crippen LogP contribution in [0.5, 0.6) is 17.2 Å². The van der Waals surface area contributed by atoms with Gasteiger partial charge < -0.3 is 19.3 Å². The van der Waals surface area contributed by atoms with Gasteiger partial charge in [0.2, 0.25) is 0 Å². The lowest BCUT2D eigenvalue weighted by Crippen LogP contribution is -2.03. The van der Waals surface area contributed by atoms with Crippen molar-refractivity contribution < 1.29 is 28.9 Å². The van der Waals surface area contributed by atoms with Gasteiger partial charge in [-0.3, -0.25) is 0 Å². The molecule has 0 saturated carbocycles. The normalized spacial score (nSPS) is 10.8. The van der Waals surface area contributed by atoms with Crippen LogP contribution in [0.4, 0.5) is 0 Å². The van der Waals surface area contributed by atoms with Crippen molar-refractivity contribution in [3.05, 3.63) is 65.7 Å². The number of hydrogen-bond donors (Lipinski definition) is 1. The van der Waals surface area contributed by atoms with Crippen molar-refractivity contribution in [1.29, 1.82) is 0 Å². The lowest BCUT2D eigenvalue weighted by atomic mass is 10.2. The molecule has 0 saturated heterocycles. The number of carboxylic acid groups (broad SMARTS) is 1. The van der Waals surface area contributed by atoms with E-state index in [-0.39, 0.29) is 0 Å². The Morgan fingerprint density at radius 1 is 0.846 bits per heavy atom. The molecule has 0 aliphatic heterocycles. The second kappa shape index (κ2) is 9.08. The van der Waals surface area contributed by atoms with Crippen LogP contribution < -0.4 is 14.2 Å². The fourth-order valence-electron chi connectivity index (χ4n) is 2.09. The van der Waals surface area contributed by atoms with Gasteiger partial charge in [-0.2, -0.15) is 0 Å². The number of rotatable bonds is 7. The first-order valence-electron chi connectivity index (χ1n) is 7.65. The van der Waals surface area contributed by atoms with Crippen LogP contribution in [0.2, 0.25) is 0 Å². The van der Waals surface area contributed by atoms with E-state index in [4.69, 9.17) is 19.3 Å². The fraction of sp³-hybridized carbons (Fsp3) is 0.100. The monoisotopic (exact) mass is 354 g/mol. The Morgan fingerprint density at radius 3 is 2.08 bits per heavy atom. The molecule has 0 heterocycles. The van der Waals surface area contributed by atoms with Crippen LogP contribution in [-0.2, 0) is 9.59 Å². The molecule has 0 aliphatic rings. The average molecular weight is 354 g/mol. The van der Waals surface area contributed by atoms with Gasteiger partial charge in [0.1, 0.15) is 5.75 Å². The summed E-state index contributed by atoms with van der Waals surface area (Å²) < 4.78 is 15.6. The van der Waals surface area contributed by atoms with Crippen molar-refractivity contribution in [1.82, 2.24) is 0 Å². The van der Waals surface area contributed by atoms with Crippen molar-refractivity contribution in [2.24, 2.45) is 0 Å². The SMILES string of the molecule is COc1ccc(/C=C/C(=O)Oc2ccc(/C=C/C(=O)O)cc2)cc1OC. The van der Waals surface area contributed by atoms with E-state index in [1.165, 1.54) is 19.3 Å². The maximum absolute atomic E-state index is 11.9. The van der Waals surface area contributed by atoms with Crippen molar-refractivity contribution in [3.8, 4) is 17.2 Å². The van der Waals surface area contributed by atoms with Crippen molar-refractivity contribution >= 4 is 24.1 Å². The summed E-state index contributed by atoms with van der Waals surface area (Å²) in [6.07, 6.45) is 5.39. The van der Waals surface area contributed by atoms with Gasteiger partial charge >= 0.3 is 11.9 Å². The number of carboxylic acids is 1. The number of carbonyl (C=O) groups excluding carboxylic acids is 1. The predicted octanol–water partition coefficient (Wildman–Crippen LogP) is 3.42. The molecule has 0 radical (unpaired) electrons. The average Bonchev–Trinajstić information content (AvgIpc) is 2.65. The summed E-state index contributed by atoms with van der Waals surface area (Å²) >= 11 is 0. The van der Waals surface area contributed by atoms with Crippen molar-refractivity contribution in [2.75, 3.05) is 14.2 Å². The maximum Gasteiger partial charge on any atom is 0.336 e. The zero-order valence-electron chi connectivity index (χ0n) is 14.3. The number of methoxy groups -OCH3 is 2. The molecule has 0 bridgehead atoms. The highest BCUT2D eigenvalue weighted by Gasteiger charge is 2.04. The molecule has 2 aromatic carbocycles. The highest BCUT2D eigenvalue weighted by atomic mass is 16.5. The van der Waals surface area contributed by atoms with Crippen LogP contribution in [-0.4, -0.2) is 31.3 Å². The largest absolute Gasteiger partial charge is 0.493 e. The first-order valence-corrected chi connectivity index (χ1v) is 7.65. The predicted molar refractivity (Wildman–Crippen MR) is 97.3 cm³/mol. The Morgan fingerprint density at radius 2 is 1.46 bits per heavy atom. The Labute approximate surface area is 150 Å². The Balaban J connectivity index is 2.00. The molecular formula is C20H18O6. The van der Waals surface area contributed by atoms with Crippen LogP contribution in [0, 0.1) is 0 Å². The quantitative estimate of drug-likeness (QED) is 0.466. The van der Waals surface area contributed by atoms with E-state index in [1.807, 2.05) is 0 Å². The van der Waals surface area contributed by atoms with Gasteiger partial charge in [0.25, 0.3) is 0 Å². The summed E-state index contributed by atoms with van der Waals surface area (Å²) in [4.78, 5) is 22.4. The molecule has 0 aromatic heterocycles. The second-order valence-corrected chi connectivity index (χ2v) is 5.11. The van der Waals surface area contributed by atoms with Gasteiger partial charge in [0.05, 0.1) is 14.2 Å². The topological polar surface area (TPSA) is 82.1 Å². The van der Waals surface area contributed by atoms with E-state index in [2.05, 4.69) is 0 Å². The van der Waals surface area contributed by atoms with E-state index in [0.29, 0.717) is 22.8 Å². The molecule has 26 heavy (non-hydrogen) atoms. The van der Waals surface area contributed by atoms with E-state index in [0.717, 1.165) is 11.6 Å². The molecule has 2 rings (SSSR count). The zero-order valence-corrected chi connectivity index (χ0v) is 14.3. The minimum Gasteiger partial charge on any atom is -0.493 e. The zero-order chi connectivity index (χ0) is 18.9. The lowest BCUT2D eigenvalue weighted by molar-refractivity contribution is -0.131. The highest BCUT2D eigenvalue weighted by Crippen LogP contribution is 2.28. The number of esters is 1. The summed E-state index contributed by atoms with van der Waals surface area (Å²) in [5, 5.41) is 8.58. The number of aliphatic carboxylic acids is 1. The number of hydrogen-bond acceptors (Lipinski definition) is 5. The minimum absolute atomic E-state index is 0.361. The van der Waals surface area contributed by atoms with Gasteiger partial charge in [0, 0.05) is 12.2 Å². The molecule has 0 fully saturated rings. The first kappa shape index (κ1) is 18.8. The van der Waals surface area contributed by atoms with E-state index < -0.39 is 11.9 Å². The molecule has 0 aliphatic carbocycles. The highest BCUT2D eigenvalue weighted by molar-refractivity contribution is 5.89. The molecule has 134 valence electrons. The Hall–Kier alpha value is -3.54. The third-order valence-electron chi connectivity index (χ3n) is 3.34. The molecule has 6 heteroatoms. The number of carbonyl (C=O) groups is 2. The van der Waals surface area contributed by atoms with Crippen molar-refractivity contribution in [3.63, 3.8) is 0 Å². The van der Waals surface area contributed by atoms with Crippen LogP contribution in [0.25, 0.3) is 12.2 Å². The van der Waals surface area contributed by atoms with Crippen molar-refractivity contribution in [2.45, 2.75) is 0 Å². The standard InChI is InChI=1S/C20H18O6/c1-24-17-10-5-15(13-18(17)25-2)7-12-20(23)26-16-8-3-14(4-9-16)6-11-19(21)22/h3-13H,1-2H3,(H,21,22)/b11-6+,12-7+. The van der Waals surface area contributed by atoms with Crippen LogP contribution >= 0.6 is 0 Å². The smallest absolute Gasteiger partial charge is 0.336 e. The minimum atomic E-state index is -1.03. The summed E-state index contributed by atoms with van der Waals surface area (Å²) in [6.45, 7) is 0. The maximum atomic E-state index is 11.9. The number of ether oxygens (including phenoxy) is 3. The summed E-state index contributed by atoms with van der Waals surface area (Å²) in [5.41, 5.74) is 1.45. The van der Waals surface area contributed by atoms with Gasteiger partial charge in [-0.15, -0.1) is 0 Å². The summed E-state index contributed by atoms with van der Waals surface area (Å²) in [7, 11) is 3.09. The molecule has 0 spiro atoms. The lowest BCUT2D eigenvalue weighted by Gasteiger charge is -2.07. The van der Waals surface area contributed by atoms with Gasteiger partial charge in [-0.05, 0) is 47.5 Å². The molecule has 0 amide bonds. The van der Waals surface area contributed by atoms with Crippen LogP contribution in [0.1, 0.15) is 11.1 Å². The Kier molecular flexibility index (Phi) is 6.56. The Bertz CT molecular complexity index is 834. The van der Waals surface area contributed by atoms with Crippen LogP contribution in [0.15, 0.2) is 54.6 Å². The van der Waals surface area contributed by atoms with Crippen LogP contribution in [0.3, 0.4) is 0 Å². The fourth-order valence-corrected chi connectivity index (χ4v) is 2.09.